The Morgan fingerprint density at radius 1 is 1.44 bits per heavy atom. The van der Waals surface area contributed by atoms with Gasteiger partial charge in [0.05, 0.1) is 34.7 Å². The van der Waals surface area contributed by atoms with Gasteiger partial charge in [0, 0.05) is 6.42 Å². The van der Waals surface area contributed by atoms with Crippen LogP contribution in [0.5, 0.6) is 0 Å². The highest BCUT2D eigenvalue weighted by Crippen LogP contribution is 2.23. The second-order valence-corrected chi connectivity index (χ2v) is 9.03. The number of halogens is 2. The summed E-state index contributed by atoms with van der Waals surface area (Å²) in [7, 11) is -3.01. The van der Waals surface area contributed by atoms with Crippen molar-refractivity contribution in [1.29, 1.82) is 0 Å². The fraction of sp³-hybridized carbons (Fsp3) is 0.353. The van der Waals surface area contributed by atoms with Crippen molar-refractivity contribution in [3.63, 3.8) is 0 Å². The molecule has 1 aliphatic rings. The Kier molecular flexibility index (Phi) is 5.61. The van der Waals surface area contributed by atoms with Gasteiger partial charge in [-0.1, -0.05) is 11.6 Å². The average Bonchev–Trinajstić information content (AvgIpc) is 3.08. The predicted molar refractivity (Wildman–Crippen MR) is 100 cm³/mol. The molecule has 0 bridgehead atoms. The largest absolute Gasteiger partial charge is 0.273 e. The number of carbonyl (C=O) groups is 1. The van der Waals surface area contributed by atoms with Crippen LogP contribution in [0.25, 0.3) is 5.69 Å². The van der Waals surface area contributed by atoms with Gasteiger partial charge in [-0.15, -0.1) is 0 Å². The third-order valence-electron chi connectivity index (χ3n) is 4.30. The molecule has 2 heterocycles. The van der Waals surface area contributed by atoms with Crippen LogP contribution in [0.2, 0.25) is 5.15 Å². The van der Waals surface area contributed by atoms with E-state index in [1.807, 2.05) is 0 Å². The van der Waals surface area contributed by atoms with Crippen LogP contribution in [0.3, 0.4) is 0 Å². The van der Waals surface area contributed by atoms with E-state index >= 15 is 0 Å². The highest BCUT2D eigenvalue weighted by Gasteiger charge is 2.29. The van der Waals surface area contributed by atoms with Crippen LogP contribution in [0.4, 0.5) is 4.39 Å². The molecule has 27 heavy (non-hydrogen) atoms. The van der Waals surface area contributed by atoms with Crippen molar-refractivity contribution < 1.29 is 17.6 Å². The normalized spacial score (nSPS) is 18.9. The quantitative estimate of drug-likeness (QED) is 0.602. The molecular weight excluding hydrogens is 395 g/mol. The van der Waals surface area contributed by atoms with Crippen LogP contribution in [0.15, 0.2) is 29.4 Å². The Morgan fingerprint density at radius 3 is 2.78 bits per heavy atom. The van der Waals surface area contributed by atoms with E-state index in [4.69, 9.17) is 11.6 Å². The molecular formula is C17H18ClFN4O3S. The summed E-state index contributed by atoms with van der Waals surface area (Å²) >= 11 is 6.32. The summed E-state index contributed by atoms with van der Waals surface area (Å²) in [6.07, 6.45) is 1.99. The third-order valence-corrected chi connectivity index (χ3v) is 6.50. The van der Waals surface area contributed by atoms with Crippen LogP contribution in [0.1, 0.15) is 24.1 Å². The number of aryl methyl sites for hydroxylation is 1. The van der Waals surface area contributed by atoms with E-state index in [1.54, 1.807) is 19.1 Å². The lowest BCUT2D eigenvalue weighted by atomic mass is 10.1. The molecule has 10 heteroatoms. The molecule has 0 unspecified atom stereocenters. The lowest BCUT2D eigenvalue weighted by molar-refractivity contribution is -0.121. The minimum atomic E-state index is -3.01. The number of hydrogen-bond acceptors (Lipinski definition) is 5. The number of carbonyl (C=O) groups excluding carboxylic acids is 1. The molecule has 0 aliphatic carbocycles. The van der Waals surface area contributed by atoms with Crippen molar-refractivity contribution in [3.8, 4) is 5.69 Å². The van der Waals surface area contributed by atoms with Crippen LogP contribution >= 0.6 is 11.6 Å². The highest BCUT2D eigenvalue weighted by molar-refractivity contribution is 7.91. The van der Waals surface area contributed by atoms with Gasteiger partial charge in [-0.3, -0.25) is 4.79 Å². The van der Waals surface area contributed by atoms with Gasteiger partial charge in [0.15, 0.2) is 9.84 Å². The first-order valence-electron chi connectivity index (χ1n) is 8.28. The first-order valence-corrected chi connectivity index (χ1v) is 10.5. The molecule has 1 N–H and O–H groups in total. The number of sulfone groups is 1. The highest BCUT2D eigenvalue weighted by atomic mass is 35.5. The zero-order chi connectivity index (χ0) is 19.6. The molecule has 1 saturated heterocycles. The number of hydrazone groups is 1. The first kappa shape index (κ1) is 19.5. The molecule has 1 aromatic carbocycles. The molecule has 2 aromatic rings. The summed E-state index contributed by atoms with van der Waals surface area (Å²) in [6, 6.07) is 5.71. The molecule has 1 atom stereocenters. The number of benzene rings is 1. The summed E-state index contributed by atoms with van der Waals surface area (Å²) in [5, 5.41) is 8.47. The van der Waals surface area contributed by atoms with Gasteiger partial charge in [0.1, 0.15) is 11.0 Å². The second-order valence-electron chi connectivity index (χ2n) is 6.44. The van der Waals surface area contributed by atoms with Crippen LogP contribution in [-0.2, 0) is 14.6 Å². The van der Waals surface area contributed by atoms with E-state index in [-0.39, 0.29) is 40.7 Å². The van der Waals surface area contributed by atoms with E-state index < -0.39 is 9.84 Å². The van der Waals surface area contributed by atoms with Crippen molar-refractivity contribution in [3.05, 3.63) is 46.5 Å². The first-order chi connectivity index (χ1) is 12.7. The Bertz CT molecular complexity index is 986. The van der Waals surface area contributed by atoms with Crippen LogP contribution < -0.4 is 5.43 Å². The Balaban J connectivity index is 1.65. The van der Waals surface area contributed by atoms with E-state index in [0.717, 1.165) is 0 Å². The van der Waals surface area contributed by atoms with Gasteiger partial charge in [0.2, 0.25) is 5.91 Å². The maximum atomic E-state index is 13.1. The standard InChI is InChI=1S/C17H18ClFN4O3S/c1-11-15(17(18)23(22-11)14-4-2-13(19)3-5-14)9-20-21-16(24)8-12-6-7-27(25,26)10-12/h2-5,9,12H,6-8,10H2,1H3,(H,21,24)/b20-9-/t12-/m0/s1. The van der Waals surface area contributed by atoms with E-state index in [2.05, 4.69) is 15.6 Å². The average molecular weight is 413 g/mol. The molecule has 1 amide bonds. The Labute approximate surface area is 161 Å². The molecule has 144 valence electrons. The smallest absolute Gasteiger partial charge is 0.240 e. The van der Waals surface area contributed by atoms with Gasteiger partial charge < -0.3 is 0 Å². The van der Waals surface area contributed by atoms with Gasteiger partial charge in [-0.2, -0.15) is 10.2 Å². The van der Waals surface area contributed by atoms with Crippen LogP contribution in [0, 0.1) is 18.7 Å². The van der Waals surface area contributed by atoms with Crippen molar-refractivity contribution in [1.82, 2.24) is 15.2 Å². The van der Waals surface area contributed by atoms with Crippen molar-refractivity contribution in [2.75, 3.05) is 11.5 Å². The molecule has 3 rings (SSSR count). The number of aromatic nitrogens is 2. The fourth-order valence-electron chi connectivity index (χ4n) is 2.92. The molecule has 1 aromatic heterocycles. The van der Waals surface area contributed by atoms with Gasteiger partial charge >= 0.3 is 0 Å². The minimum absolute atomic E-state index is 0.0412. The summed E-state index contributed by atoms with van der Waals surface area (Å²) in [5.41, 5.74) is 4.09. The second kappa shape index (κ2) is 7.77. The number of rotatable bonds is 5. The fourth-order valence-corrected chi connectivity index (χ4v) is 5.10. The monoisotopic (exact) mass is 412 g/mol. The zero-order valence-corrected chi connectivity index (χ0v) is 16.1. The molecule has 1 fully saturated rings. The minimum Gasteiger partial charge on any atom is -0.273 e. The maximum absolute atomic E-state index is 13.1. The lowest BCUT2D eigenvalue weighted by Gasteiger charge is -2.05. The van der Waals surface area contributed by atoms with E-state index in [0.29, 0.717) is 23.4 Å². The summed E-state index contributed by atoms with van der Waals surface area (Å²) in [6.45, 7) is 1.73. The van der Waals surface area contributed by atoms with E-state index in [1.165, 1.54) is 23.0 Å². The maximum Gasteiger partial charge on any atom is 0.240 e. The number of amides is 1. The number of nitrogens with one attached hydrogen (secondary N) is 1. The van der Waals surface area contributed by atoms with Crippen LogP contribution in [-0.4, -0.2) is 41.8 Å². The Morgan fingerprint density at radius 2 is 2.15 bits per heavy atom. The lowest BCUT2D eigenvalue weighted by Crippen LogP contribution is -2.21. The topological polar surface area (TPSA) is 93.4 Å². The summed E-state index contributed by atoms with van der Waals surface area (Å²) in [4.78, 5) is 11.9. The Hall–Kier alpha value is -2.26. The number of hydrogen-bond donors (Lipinski definition) is 1. The summed E-state index contributed by atoms with van der Waals surface area (Å²) in [5.74, 6) is -0.714. The summed E-state index contributed by atoms with van der Waals surface area (Å²) < 4.78 is 37.4. The van der Waals surface area contributed by atoms with E-state index in [9.17, 15) is 17.6 Å². The molecule has 0 spiro atoms. The molecule has 0 saturated carbocycles. The predicted octanol–water partition coefficient (Wildman–Crippen LogP) is 2.25. The van der Waals surface area contributed by atoms with Gasteiger partial charge in [-0.25, -0.2) is 22.9 Å². The third kappa shape index (κ3) is 4.72. The van der Waals surface area contributed by atoms with Gasteiger partial charge in [-0.05, 0) is 43.5 Å². The molecule has 7 nitrogen and oxygen atoms in total. The SMILES string of the molecule is Cc1nn(-c2ccc(F)cc2)c(Cl)c1/C=N\NC(=O)C[C@@H]1CCS(=O)(=O)C1. The number of nitrogens with zero attached hydrogens (tertiary/aromatic N) is 3. The zero-order valence-electron chi connectivity index (χ0n) is 14.5. The van der Waals surface area contributed by atoms with Gasteiger partial charge in [0.25, 0.3) is 0 Å². The van der Waals surface area contributed by atoms with Crippen molar-refractivity contribution in [2.45, 2.75) is 19.8 Å². The molecule has 1 aliphatic heterocycles. The molecule has 0 radical (unpaired) electrons. The van der Waals surface area contributed by atoms with Crippen molar-refractivity contribution in [2.24, 2.45) is 11.0 Å². The van der Waals surface area contributed by atoms with Crippen molar-refractivity contribution >= 4 is 33.6 Å².